The number of esters is 1. The maximum absolute atomic E-state index is 13.1. The number of para-hydroxylation sites is 1. The molecule has 0 amide bonds. The van der Waals surface area contributed by atoms with Crippen LogP contribution in [0.2, 0.25) is 0 Å². The maximum Gasteiger partial charge on any atom is 0.311 e. The molecule has 1 heterocycles. The molecule has 2 aliphatic carbocycles. The van der Waals surface area contributed by atoms with Gasteiger partial charge in [0.15, 0.2) is 0 Å². The fraction of sp³-hybridized carbons (Fsp3) is 0.333. The Hall–Kier alpha value is -3.06. The zero-order valence-corrected chi connectivity index (χ0v) is 15.8. The van der Waals surface area contributed by atoms with Gasteiger partial charge in [-0.3, -0.25) is 4.79 Å². The Morgan fingerprint density at radius 2 is 2.00 bits per heavy atom. The number of H-pyrrole nitrogens is 1. The van der Waals surface area contributed by atoms with Gasteiger partial charge in [0.2, 0.25) is 0 Å². The number of nitrogens with zero attached hydrogens (tertiary/aromatic N) is 1. The summed E-state index contributed by atoms with van der Waals surface area (Å²) in [6.07, 6.45) is 1.95. The van der Waals surface area contributed by atoms with Crippen molar-refractivity contribution in [2.45, 2.75) is 37.5 Å². The minimum atomic E-state index is -0.516. The number of carbonyl (C=O) groups is 1. The van der Waals surface area contributed by atoms with E-state index in [0.717, 1.165) is 35.0 Å². The van der Waals surface area contributed by atoms with E-state index in [1.807, 2.05) is 37.3 Å². The quantitative estimate of drug-likeness (QED) is 0.660. The van der Waals surface area contributed by atoms with E-state index in [4.69, 9.17) is 4.74 Å². The third-order valence-electron chi connectivity index (χ3n) is 6.47. The molecule has 0 bridgehead atoms. The minimum Gasteiger partial charge on any atom is -0.466 e. The Bertz CT molecular complexity index is 1110. The van der Waals surface area contributed by atoms with Crippen LogP contribution >= 0.6 is 0 Å². The second-order valence-corrected chi connectivity index (χ2v) is 7.75. The standard InChI is InChI=1S/C24H22N2O2/c1-2-28-24(27)22-18(13-25)21-16-9-5-6-10-19(16)26-23(21)17-12-11-14-7-3-4-8-15(14)20(17)22/h3-10,17-18,20,22,26H,2,11-12H2,1H3. The highest BCUT2D eigenvalue weighted by Gasteiger charge is 2.51. The highest BCUT2D eigenvalue weighted by atomic mass is 16.5. The smallest absolute Gasteiger partial charge is 0.311 e. The molecule has 4 atom stereocenters. The third-order valence-corrected chi connectivity index (χ3v) is 6.47. The molecule has 0 saturated carbocycles. The molecule has 4 unspecified atom stereocenters. The molecular weight excluding hydrogens is 348 g/mol. The molecule has 1 N–H and O–H groups in total. The summed E-state index contributed by atoms with van der Waals surface area (Å²) in [6.45, 7) is 2.15. The normalized spacial score (nSPS) is 25.3. The van der Waals surface area contributed by atoms with E-state index >= 15 is 0 Å². The van der Waals surface area contributed by atoms with Gasteiger partial charge in [0.05, 0.1) is 24.5 Å². The summed E-state index contributed by atoms with van der Waals surface area (Å²) in [4.78, 5) is 16.7. The van der Waals surface area contributed by atoms with Crippen LogP contribution in [-0.4, -0.2) is 17.6 Å². The van der Waals surface area contributed by atoms with Crippen molar-refractivity contribution in [3.63, 3.8) is 0 Å². The van der Waals surface area contributed by atoms with Gasteiger partial charge in [0.1, 0.15) is 0 Å². The first-order chi connectivity index (χ1) is 13.7. The molecule has 2 aliphatic rings. The Balaban J connectivity index is 1.78. The average Bonchev–Trinajstić information content (AvgIpc) is 3.12. The molecule has 28 heavy (non-hydrogen) atoms. The van der Waals surface area contributed by atoms with Crippen LogP contribution in [0.15, 0.2) is 48.5 Å². The highest BCUT2D eigenvalue weighted by Crippen LogP contribution is 2.57. The van der Waals surface area contributed by atoms with E-state index in [0.29, 0.717) is 6.61 Å². The van der Waals surface area contributed by atoms with Crippen LogP contribution < -0.4 is 0 Å². The first kappa shape index (κ1) is 17.1. The maximum atomic E-state index is 13.1. The van der Waals surface area contributed by atoms with Gasteiger partial charge in [-0.25, -0.2) is 0 Å². The summed E-state index contributed by atoms with van der Waals surface area (Å²) in [5, 5.41) is 11.2. The fourth-order valence-electron chi connectivity index (χ4n) is 5.43. The number of carbonyl (C=O) groups excluding carboxylic acids is 1. The van der Waals surface area contributed by atoms with Crippen LogP contribution in [0.25, 0.3) is 10.9 Å². The van der Waals surface area contributed by atoms with Crippen LogP contribution in [0.5, 0.6) is 0 Å². The molecular formula is C24H22N2O2. The Morgan fingerprint density at radius 1 is 1.21 bits per heavy atom. The number of aromatic amines is 1. The number of nitrogens with one attached hydrogen (secondary N) is 1. The largest absolute Gasteiger partial charge is 0.466 e. The van der Waals surface area contributed by atoms with E-state index in [2.05, 4.69) is 29.3 Å². The van der Waals surface area contributed by atoms with Crippen molar-refractivity contribution >= 4 is 16.9 Å². The molecule has 5 rings (SSSR count). The molecule has 0 fully saturated rings. The molecule has 140 valence electrons. The van der Waals surface area contributed by atoms with Gasteiger partial charge < -0.3 is 9.72 Å². The number of benzene rings is 2. The molecule has 0 radical (unpaired) electrons. The second kappa shape index (κ2) is 6.53. The summed E-state index contributed by atoms with van der Waals surface area (Å²) < 4.78 is 5.48. The lowest BCUT2D eigenvalue weighted by atomic mass is 9.59. The van der Waals surface area contributed by atoms with Crippen molar-refractivity contribution < 1.29 is 9.53 Å². The van der Waals surface area contributed by atoms with Gasteiger partial charge in [-0.15, -0.1) is 0 Å². The van der Waals surface area contributed by atoms with E-state index in [1.54, 1.807) is 0 Å². The number of hydrogen-bond acceptors (Lipinski definition) is 3. The molecule has 0 spiro atoms. The van der Waals surface area contributed by atoms with Gasteiger partial charge in [0, 0.05) is 28.4 Å². The Labute approximate surface area is 164 Å². The number of aromatic nitrogens is 1. The second-order valence-electron chi connectivity index (χ2n) is 7.75. The van der Waals surface area contributed by atoms with Crippen molar-refractivity contribution in [3.05, 3.63) is 70.9 Å². The van der Waals surface area contributed by atoms with Crippen LogP contribution in [0.1, 0.15) is 53.5 Å². The summed E-state index contributed by atoms with van der Waals surface area (Å²) >= 11 is 0. The monoisotopic (exact) mass is 370 g/mol. The summed E-state index contributed by atoms with van der Waals surface area (Å²) in [7, 11) is 0. The average molecular weight is 370 g/mol. The zero-order valence-electron chi connectivity index (χ0n) is 15.8. The number of fused-ring (bicyclic) bond motifs is 7. The molecule has 1 aromatic heterocycles. The van der Waals surface area contributed by atoms with Crippen LogP contribution in [-0.2, 0) is 16.0 Å². The lowest BCUT2D eigenvalue weighted by molar-refractivity contribution is -0.150. The van der Waals surface area contributed by atoms with E-state index in [9.17, 15) is 10.1 Å². The van der Waals surface area contributed by atoms with Crippen molar-refractivity contribution in [2.24, 2.45) is 5.92 Å². The van der Waals surface area contributed by atoms with E-state index in [-0.39, 0.29) is 17.8 Å². The number of nitriles is 1. The van der Waals surface area contributed by atoms with Gasteiger partial charge in [-0.05, 0) is 42.5 Å². The SMILES string of the molecule is CCOC(=O)C1C(C#N)c2c([nH]c3ccccc23)C2CCc3ccccc3C21. The topological polar surface area (TPSA) is 65.9 Å². The van der Waals surface area contributed by atoms with E-state index in [1.165, 1.54) is 11.1 Å². The molecule has 3 aromatic rings. The minimum absolute atomic E-state index is 0.0331. The van der Waals surface area contributed by atoms with Crippen molar-refractivity contribution in [3.8, 4) is 6.07 Å². The number of aryl methyl sites for hydroxylation is 1. The van der Waals surface area contributed by atoms with Gasteiger partial charge in [-0.2, -0.15) is 5.26 Å². The third kappa shape index (κ3) is 2.32. The highest BCUT2D eigenvalue weighted by molar-refractivity contribution is 5.89. The predicted octanol–water partition coefficient (Wildman–Crippen LogP) is 4.78. The van der Waals surface area contributed by atoms with Crippen molar-refractivity contribution in [1.82, 2.24) is 4.98 Å². The summed E-state index contributed by atoms with van der Waals surface area (Å²) in [5.74, 6) is -1.09. The van der Waals surface area contributed by atoms with Crippen molar-refractivity contribution in [2.75, 3.05) is 6.61 Å². The first-order valence-corrected chi connectivity index (χ1v) is 9.99. The van der Waals surface area contributed by atoms with Crippen LogP contribution in [0, 0.1) is 17.2 Å². The van der Waals surface area contributed by atoms with Gasteiger partial charge in [-0.1, -0.05) is 42.5 Å². The number of rotatable bonds is 2. The first-order valence-electron chi connectivity index (χ1n) is 9.99. The molecule has 4 heteroatoms. The Morgan fingerprint density at radius 3 is 2.82 bits per heavy atom. The fourth-order valence-corrected chi connectivity index (χ4v) is 5.43. The number of hydrogen-bond donors (Lipinski definition) is 1. The summed E-state index contributed by atoms with van der Waals surface area (Å²) in [5.41, 5.74) is 5.65. The molecule has 2 aromatic carbocycles. The predicted molar refractivity (Wildman–Crippen MR) is 107 cm³/mol. The Kier molecular flexibility index (Phi) is 3.98. The van der Waals surface area contributed by atoms with Gasteiger partial charge >= 0.3 is 5.97 Å². The molecule has 0 aliphatic heterocycles. The van der Waals surface area contributed by atoms with Crippen LogP contribution in [0.4, 0.5) is 0 Å². The zero-order chi connectivity index (χ0) is 19.3. The summed E-state index contributed by atoms with van der Waals surface area (Å²) in [6, 6.07) is 18.9. The lowest BCUT2D eigenvalue weighted by Crippen LogP contribution is -2.39. The number of ether oxygens (including phenoxy) is 1. The van der Waals surface area contributed by atoms with E-state index < -0.39 is 11.8 Å². The van der Waals surface area contributed by atoms with Gasteiger partial charge in [0.25, 0.3) is 0 Å². The molecule has 4 nitrogen and oxygen atoms in total. The lowest BCUT2D eigenvalue weighted by Gasteiger charge is -2.43. The van der Waals surface area contributed by atoms with Crippen LogP contribution in [0.3, 0.4) is 0 Å². The van der Waals surface area contributed by atoms with Crippen molar-refractivity contribution in [1.29, 1.82) is 5.26 Å². The molecule has 0 saturated heterocycles.